The van der Waals surface area contributed by atoms with Crippen molar-refractivity contribution < 1.29 is 28.2 Å². The molecule has 2 aromatic rings. The predicted molar refractivity (Wildman–Crippen MR) is 168 cm³/mol. The Morgan fingerprint density at radius 1 is 1.20 bits per heavy atom. The summed E-state index contributed by atoms with van der Waals surface area (Å²) in [6.07, 6.45) is 5.70. The first-order valence-electron chi connectivity index (χ1n) is 15.5. The molecule has 6 rings (SSSR count). The fourth-order valence-electron chi connectivity index (χ4n) is 6.69. The predicted octanol–water partition coefficient (Wildman–Crippen LogP) is 4.88. The molecule has 2 saturated heterocycles. The summed E-state index contributed by atoms with van der Waals surface area (Å²) in [6, 6.07) is 2.40. The van der Waals surface area contributed by atoms with Crippen molar-refractivity contribution in [3.05, 3.63) is 62.3 Å². The molecule has 0 spiro atoms. The Labute approximate surface area is 270 Å². The van der Waals surface area contributed by atoms with E-state index < -0.39 is 29.8 Å². The molecule has 1 aromatic heterocycles. The zero-order chi connectivity index (χ0) is 31.7. The number of carbonyl (C=O) groups excluding carboxylic acids is 3. The highest BCUT2D eigenvalue weighted by molar-refractivity contribution is 7.11. The fraction of sp³-hybridized carbons (Fsp3) is 0.531. The lowest BCUT2D eigenvalue weighted by molar-refractivity contribution is -0.150. The van der Waals surface area contributed by atoms with Crippen molar-refractivity contribution in [2.45, 2.75) is 57.2 Å². The molecule has 13 heteroatoms. The van der Waals surface area contributed by atoms with Crippen molar-refractivity contribution in [1.82, 2.24) is 19.7 Å². The van der Waals surface area contributed by atoms with Crippen LogP contribution in [-0.4, -0.2) is 102 Å². The van der Waals surface area contributed by atoms with Gasteiger partial charge in [0, 0.05) is 49.9 Å². The number of urea groups is 1. The van der Waals surface area contributed by atoms with Gasteiger partial charge in [0.2, 0.25) is 0 Å². The lowest BCUT2D eigenvalue weighted by Gasteiger charge is -2.42. The number of nitrogens with zero attached hydrogens (tertiary/aromatic N) is 5. The van der Waals surface area contributed by atoms with Crippen molar-refractivity contribution in [2.75, 3.05) is 46.4 Å². The number of thiazole rings is 1. The largest absolute Gasteiger partial charge is 0.468 e. The van der Waals surface area contributed by atoms with E-state index in [0.29, 0.717) is 62.6 Å². The zero-order valence-electron chi connectivity index (χ0n) is 25.4. The van der Waals surface area contributed by atoms with E-state index in [0.717, 1.165) is 23.4 Å². The number of aliphatic imine (C=N–C) groups is 1. The lowest BCUT2D eigenvalue weighted by atomic mass is 9.89. The molecule has 4 heterocycles. The monoisotopic (exact) mass is 657 g/mol. The third kappa shape index (κ3) is 6.50. The van der Waals surface area contributed by atoms with Crippen LogP contribution in [0.1, 0.15) is 55.6 Å². The Morgan fingerprint density at radius 2 is 2.02 bits per heavy atom. The Hall–Kier alpha value is -3.35. The number of ether oxygens (including phenoxy) is 2. The number of methoxy groups -OCH3 is 1. The van der Waals surface area contributed by atoms with Gasteiger partial charge in [-0.05, 0) is 56.6 Å². The third-order valence-corrected chi connectivity index (χ3v) is 10.2. The quantitative estimate of drug-likeness (QED) is 0.354. The van der Waals surface area contributed by atoms with Crippen LogP contribution in [0.5, 0.6) is 0 Å². The number of hydrogen-bond acceptors (Lipinski definition) is 9. The van der Waals surface area contributed by atoms with Gasteiger partial charge in [-0.2, -0.15) is 0 Å². The van der Waals surface area contributed by atoms with Crippen molar-refractivity contribution in [2.24, 2.45) is 10.9 Å². The number of halogens is 2. The molecule has 4 aliphatic rings. The number of esters is 2. The summed E-state index contributed by atoms with van der Waals surface area (Å²) in [5.41, 5.74) is 2.07. The lowest BCUT2D eigenvalue weighted by Crippen LogP contribution is -2.62. The second-order valence-electron chi connectivity index (χ2n) is 11.9. The maximum atomic E-state index is 14.9. The molecule has 0 radical (unpaired) electrons. The number of amides is 2. The van der Waals surface area contributed by atoms with Crippen LogP contribution in [0.3, 0.4) is 0 Å². The minimum absolute atomic E-state index is 0.0392. The number of hydrogen-bond donors (Lipinski definition) is 0. The molecule has 1 aliphatic carbocycles. The van der Waals surface area contributed by atoms with Crippen LogP contribution in [0.2, 0.25) is 5.02 Å². The summed E-state index contributed by atoms with van der Waals surface area (Å²) < 4.78 is 25.7. The van der Waals surface area contributed by atoms with E-state index >= 15 is 0 Å². The third-order valence-electron chi connectivity index (χ3n) is 9.00. The van der Waals surface area contributed by atoms with Crippen LogP contribution in [-0.2, 0) is 19.1 Å². The summed E-state index contributed by atoms with van der Waals surface area (Å²) >= 11 is 7.99. The smallest absolute Gasteiger partial charge is 0.336 e. The van der Waals surface area contributed by atoms with Gasteiger partial charge in [-0.1, -0.05) is 23.7 Å². The fourth-order valence-corrected chi connectivity index (χ4v) is 7.58. The SMILES string of the molecule is CCOC(=O)/C1=C(\CN2CCN3C(=O)N(CC4CC4)C[C@@H]3[C@H]2C(=O)OC)CCCC(c2nccs2)=N[C@H]1c1cccc(F)c1Cl. The molecule has 0 N–H and O–H groups in total. The Morgan fingerprint density at radius 3 is 2.73 bits per heavy atom. The molecule has 0 unspecified atom stereocenters. The highest BCUT2D eigenvalue weighted by Gasteiger charge is 2.50. The second kappa shape index (κ2) is 13.6. The molecule has 3 fully saturated rings. The van der Waals surface area contributed by atoms with Crippen molar-refractivity contribution >= 4 is 46.6 Å². The summed E-state index contributed by atoms with van der Waals surface area (Å²) in [5.74, 6) is -1.09. The number of aromatic nitrogens is 1. The number of rotatable bonds is 9. The first kappa shape index (κ1) is 31.6. The van der Waals surface area contributed by atoms with Gasteiger partial charge in [0.1, 0.15) is 22.9 Å². The molecular formula is C32H37ClFN5O5S. The van der Waals surface area contributed by atoms with Crippen molar-refractivity contribution in [3.8, 4) is 0 Å². The van der Waals surface area contributed by atoms with Gasteiger partial charge < -0.3 is 19.3 Å². The molecule has 0 bridgehead atoms. The number of piperazine rings is 1. The number of carbonyl (C=O) groups is 3. The molecule has 3 atom stereocenters. The topological polar surface area (TPSA) is 105 Å². The molecule has 240 valence electrons. The molecule has 45 heavy (non-hydrogen) atoms. The first-order chi connectivity index (χ1) is 21.8. The van der Waals surface area contributed by atoms with Gasteiger partial charge in [0.05, 0.1) is 36.1 Å². The second-order valence-corrected chi connectivity index (χ2v) is 13.2. The molecule has 1 saturated carbocycles. The maximum absolute atomic E-state index is 14.9. The standard InChI is InChI=1S/C32H37ClFN5O5S/c1-3-44-30(40)25-20(6-4-9-23(29-35-12-15-45-29)36-27(25)21-7-5-8-22(34)26(21)33)17-37-13-14-39-24(28(37)31(41)43-2)18-38(32(39)42)16-19-10-11-19/h5,7-8,12,15,19,24,27-28H,3-4,6,9-11,13-14,16-18H2,1-2H3/b25-20-,36-23?/t24-,27+,28+/m1/s1. The van der Waals surface area contributed by atoms with E-state index in [-0.39, 0.29) is 35.8 Å². The summed E-state index contributed by atoms with van der Waals surface area (Å²) in [5, 5.41) is 2.47. The van der Waals surface area contributed by atoms with Gasteiger partial charge in [-0.3, -0.25) is 14.7 Å². The molecule has 2 amide bonds. The van der Waals surface area contributed by atoms with Crippen LogP contribution in [0.15, 0.2) is 45.9 Å². The summed E-state index contributed by atoms with van der Waals surface area (Å²) in [4.78, 5) is 55.7. The Balaban J connectivity index is 1.42. The Kier molecular flexibility index (Phi) is 9.53. The number of benzene rings is 1. The van der Waals surface area contributed by atoms with Crippen LogP contribution in [0.4, 0.5) is 9.18 Å². The normalized spacial score (nSPS) is 25.8. The van der Waals surface area contributed by atoms with Gasteiger partial charge in [0.15, 0.2) is 0 Å². The van der Waals surface area contributed by atoms with Crippen LogP contribution in [0.25, 0.3) is 0 Å². The van der Waals surface area contributed by atoms with Crippen molar-refractivity contribution in [3.63, 3.8) is 0 Å². The minimum Gasteiger partial charge on any atom is -0.468 e. The summed E-state index contributed by atoms with van der Waals surface area (Å²) in [7, 11) is 1.36. The van der Waals surface area contributed by atoms with Gasteiger partial charge in [-0.15, -0.1) is 11.3 Å². The van der Waals surface area contributed by atoms with E-state index in [1.807, 2.05) is 15.2 Å². The summed E-state index contributed by atoms with van der Waals surface area (Å²) in [6.45, 7) is 4.12. The first-order valence-corrected chi connectivity index (χ1v) is 16.7. The Bertz CT molecular complexity index is 1510. The van der Waals surface area contributed by atoms with Crippen molar-refractivity contribution in [1.29, 1.82) is 0 Å². The average molecular weight is 658 g/mol. The van der Waals surface area contributed by atoms with E-state index in [1.54, 1.807) is 30.2 Å². The van der Waals surface area contributed by atoms with Crippen LogP contribution < -0.4 is 0 Å². The van der Waals surface area contributed by atoms with Gasteiger partial charge in [-0.25, -0.2) is 19.0 Å². The molecule has 10 nitrogen and oxygen atoms in total. The minimum atomic E-state index is -0.957. The van der Waals surface area contributed by atoms with Gasteiger partial charge in [0.25, 0.3) is 0 Å². The molecule has 1 aromatic carbocycles. The van der Waals surface area contributed by atoms with Crippen LogP contribution >= 0.6 is 22.9 Å². The number of fused-ring (bicyclic) bond motifs is 1. The zero-order valence-corrected chi connectivity index (χ0v) is 27.0. The van der Waals surface area contributed by atoms with E-state index in [2.05, 4.69) is 4.98 Å². The highest BCUT2D eigenvalue weighted by atomic mass is 35.5. The van der Waals surface area contributed by atoms with Gasteiger partial charge >= 0.3 is 18.0 Å². The van der Waals surface area contributed by atoms with Crippen LogP contribution in [0, 0.1) is 11.7 Å². The van der Waals surface area contributed by atoms with E-state index in [1.165, 1.54) is 24.5 Å². The van der Waals surface area contributed by atoms with E-state index in [9.17, 15) is 18.8 Å². The van der Waals surface area contributed by atoms with E-state index in [4.69, 9.17) is 26.1 Å². The average Bonchev–Trinajstić information content (AvgIpc) is 3.55. The molecule has 3 aliphatic heterocycles. The highest BCUT2D eigenvalue weighted by Crippen LogP contribution is 2.40. The maximum Gasteiger partial charge on any atom is 0.336 e. The molecular weight excluding hydrogens is 621 g/mol.